The van der Waals surface area contributed by atoms with Crippen LogP contribution in [0.4, 0.5) is 8.78 Å². The molecule has 19 heavy (non-hydrogen) atoms. The van der Waals surface area contributed by atoms with E-state index in [1.165, 1.54) is 11.8 Å². The molecule has 6 atom stereocenters. The van der Waals surface area contributed by atoms with Crippen molar-refractivity contribution >= 4 is 16.9 Å². The molecule has 0 aliphatic carbocycles. The Bertz CT molecular complexity index is 371. The van der Waals surface area contributed by atoms with E-state index >= 15 is 0 Å². The Morgan fingerprint density at radius 2 is 1.95 bits per heavy atom. The molecule has 0 amide bonds. The molecule has 6 nitrogen and oxygen atoms in total. The highest BCUT2D eigenvalue weighted by Crippen LogP contribution is 2.38. The first-order chi connectivity index (χ1) is 8.82. The number of halogens is 2. The predicted octanol–water partition coefficient (Wildman–Crippen LogP) is -0.908. The van der Waals surface area contributed by atoms with Crippen molar-refractivity contribution in [2.24, 2.45) is 4.99 Å². The number of fused-ring (bicyclic) bond motifs is 1. The van der Waals surface area contributed by atoms with Crippen molar-refractivity contribution in [3.8, 4) is 0 Å². The van der Waals surface area contributed by atoms with Gasteiger partial charge in [0.05, 0.1) is 0 Å². The fraction of sp³-hybridized carbons (Fsp3) is 0.900. The summed E-state index contributed by atoms with van der Waals surface area (Å²) in [7, 11) is 3.49. The highest BCUT2D eigenvalue weighted by atomic mass is 32.2. The third kappa shape index (κ3) is 2.70. The van der Waals surface area contributed by atoms with Gasteiger partial charge in [0.1, 0.15) is 35.9 Å². The SMILES string of the molecule is CN(C)C1=N[C@@H]2[C@@H](O)[C@H](O)[C@@H]([C@@H](O)C(F)F)O[C@@H]2S1. The number of aliphatic imine (C=N–C) groups is 1. The van der Waals surface area contributed by atoms with Crippen LogP contribution in [0.5, 0.6) is 0 Å². The minimum atomic E-state index is -3.05. The molecule has 0 bridgehead atoms. The maximum Gasteiger partial charge on any atom is 0.266 e. The van der Waals surface area contributed by atoms with Crippen molar-refractivity contribution < 1.29 is 28.8 Å². The van der Waals surface area contributed by atoms with Crippen LogP contribution in [0.1, 0.15) is 0 Å². The van der Waals surface area contributed by atoms with Crippen molar-refractivity contribution in [1.29, 1.82) is 0 Å². The summed E-state index contributed by atoms with van der Waals surface area (Å²) in [6, 6.07) is -0.724. The third-order valence-electron chi connectivity index (χ3n) is 3.06. The first kappa shape index (κ1) is 14.9. The van der Waals surface area contributed by atoms with E-state index in [2.05, 4.69) is 4.99 Å². The van der Waals surface area contributed by atoms with Gasteiger partial charge in [0, 0.05) is 14.1 Å². The Morgan fingerprint density at radius 3 is 2.47 bits per heavy atom. The molecule has 1 fully saturated rings. The number of alkyl halides is 2. The largest absolute Gasteiger partial charge is 0.388 e. The van der Waals surface area contributed by atoms with Crippen molar-refractivity contribution in [2.75, 3.05) is 14.1 Å². The van der Waals surface area contributed by atoms with E-state index in [-0.39, 0.29) is 0 Å². The molecule has 0 spiro atoms. The summed E-state index contributed by atoms with van der Waals surface area (Å²) in [5.74, 6) is 0. The van der Waals surface area contributed by atoms with E-state index in [1.54, 1.807) is 19.0 Å². The summed E-state index contributed by atoms with van der Waals surface area (Å²) in [4.78, 5) is 5.88. The van der Waals surface area contributed by atoms with Gasteiger partial charge in [0.15, 0.2) is 5.17 Å². The summed E-state index contributed by atoms with van der Waals surface area (Å²) in [5.41, 5.74) is -0.686. The van der Waals surface area contributed by atoms with Crippen LogP contribution in [0, 0.1) is 0 Å². The molecule has 1 saturated heterocycles. The zero-order valence-corrected chi connectivity index (χ0v) is 11.2. The molecule has 110 valence electrons. The monoisotopic (exact) mass is 298 g/mol. The molecule has 0 aromatic rings. The molecular formula is C10H16F2N2O4S. The summed E-state index contributed by atoms with van der Waals surface area (Å²) in [6.07, 6.45) is -9.67. The predicted molar refractivity (Wildman–Crippen MR) is 65.2 cm³/mol. The minimum absolute atomic E-state index is 0.577. The van der Waals surface area contributed by atoms with Gasteiger partial charge in [0.2, 0.25) is 0 Å². The Hall–Kier alpha value is -0.480. The lowest BCUT2D eigenvalue weighted by atomic mass is 9.95. The van der Waals surface area contributed by atoms with Gasteiger partial charge in [-0.1, -0.05) is 11.8 Å². The fourth-order valence-corrected chi connectivity index (χ4v) is 3.16. The van der Waals surface area contributed by atoms with Crippen LogP contribution in [0.3, 0.4) is 0 Å². The van der Waals surface area contributed by atoms with E-state index in [0.717, 1.165) is 0 Å². The number of aliphatic hydroxyl groups excluding tert-OH is 3. The van der Waals surface area contributed by atoms with Crippen LogP contribution >= 0.6 is 11.8 Å². The van der Waals surface area contributed by atoms with Crippen LogP contribution in [0.2, 0.25) is 0 Å². The average Bonchev–Trinajstić information content (AvgIpc) is 2.77. The fourth-order valence-electron chi connectivity index (χ4n) is 2.02. The number of ether oxygens (including phenoxy) is 1. The number of hydrogen-bond acceptors (Lipinski definition) is 7. The minimum Gasteiger partial charge on any atom is -0.388 e. The molecule has 0 radical (unpaired) electrons. The molecule has 2 aliphatic rings. The number of thioether (sulfide) groups is 1. The Balaban J connectivity index is 2.14. The number of nitrogens with zero attached hydrogens (tertiary/aromatic N) is 2. The second kappa shape index (κ2) is 5.49. The normalized spacial score (nSPS) is 40.0. The molecular weight excluding hydrogens is 282 g/mol. The van der Waals surface area contributed by atoms with Crippen LogP contribution in [-0.2, 0) is 4.74 Å². The number of aliphatic hydroxyl groups is 3. The van der Waals surface area contributed by atoms with E-state index in [9.17, 15) is 24.1 Å². The van der Waals surface area contributed by atoms with Crippen molar-refractivity contribution in [3.63, 3.8) is 0 Å². The lowest BCUT2D eigenvalue weighted by Crippen LogP contribution is -2.59. The average molecular weight is 298 g/mol. The Kier molecular flexibility index (Phi) is 4.31. The van der Waals surface area contributed by atoms with Crippen LogP contribution in [0.25, 0.3) is 0 Å². The molecule has 3 N–H and O–H groups in total. The van der Waals surface area contributed by atoms with Crippen molar-refractivity contribution in [3.05, 3.63) is 0 Å². The zero-order chi connectivity index (χ0) is 14.3. The molecule has 2 aliphatic heterocycles. The number of amidine groups is 1. The maximum atomic E-state index is 12.5. The maximum absolute atomic E-state index is 12.5. The molecule has 9 heteroatoms. The summed E-state index contributed by atoms with van der Waals surface area (Å²) >= 11 is 1.17. The summed E-state index contributed by atoms with van der Waals surface area (Å²) < 4.78 is 30.3. The molecule has 0 aromatic carbocycles. The molecule has 2 rings (SSSR count). The standard InChI is InChI=1S/C10H16F2N2O4S/c1-14(2)10-13-3-4(15)5(16)7(6(17)8(11)12)18-9(3)19-10/h3-9,15-17H,1-2H3/t3-,4-,5+,6-,7+,9-/m1/s1. The van der Waals surface area contributed by atoms with Gasteiger partial charge in [-0.3, -0.25) is 4.99 Å². The van der Waals surface area contributed by atoms with E-state index < -0.39 is 42.3 Å². The smallest absolute Gasteiger partial charge is 0.266 e. The Labute approximate surface area is 113 Å². The van der Waals surface area contributed by atoms with E-state index in [0.29, 0.717) is 5.17 Å². The highest BCUT2D eigenvalue weighted by Gasteiger charge is 2.51. The molecule has 0 saturated carbocycles. The van der Waals surface area contributed by atoms with Crippen molar-refractivity contribution in [1.82, 2.24) is 4.90 Å². The van der Waals surface area contributed by atoms with Crippen LogP contribution in [0.15, 0.2) is 4.99 Å². The lowest BCUT2D eigenvalue weighted by molar-refractivity contribution is -0.205. The first-order valence-electron chi connectivity index (χ1n) is 5.72. The van der Waals surface area contributed by atoms with Crippen LogP contribution in [-0.4, -0.2) is 81.8 Å². The molecule has 2 heterocycles. The first-order valence-corrected chi connectivity index (χ1v) is 6.60. The van der Waals surface area contributed by atoms with Gasteiger partial charge in [-0.05, 0) is 0 Å². The number of hydrogen-bond donors (Lipinski definition) is 3. The van der Waals surface area contributed by atoms with E-state index in [4.69, 9.17) is 4.74 Å². The van der Waals surface area contributed by atoms with E-state index in [1.807, 2.05) is 0 Å². The quantitative estimate of drug-likeness (QED) is 0.612. The zero-order valence-electron chi connectivity index (χ0n) is 10.3. The lowest BCUT2D eigenvalue weighted by Gasteiger charge is -2.39. The van der Waals surface area contributed by atoms with Gasteiger partial charge in [-0.2, -0.15) is 0 Å². The summed E-state index contributed by atoms with van der Waals surface area (Å²) in [5, 5.41) is 29.6. The second-order valence-corrected chi connectivity index (χ2v) is 5.76. The second-order valence-electron chi connectivity index (χ2n) is 4.69. The highest BCUT2D eigenvalue weighted by molar-refractivity contribution is 8.14. The van der Waals surface area contributed by atoms with Gasteiger partial charge >= 0.3 is 0 Å². The topological polar surface area (TPSA) is 85.5 Å². The van der Waals surface area contributed by atoms with Gasteiger partial charge in [-0.15, -0.1) is 0 Å². The Morgan fingerprint density at radius 1 is 1.32 bits per heavy atom. The van der Waals surface area contributed by atoms with Crippen molar-refractivity contribution in [2.45, 2.75) is 42.3 Å². The number of rotatable bonds is 2. The van der Waals surface area contributed by atoms with Gasteiger partial charge in [-0.25, -0.2) is 8.78 Å². The summed E-state index contributed by atoms with van der Waals surface area (Å²) in [6.45, 7) is 0. The molecule has 0 aromatic heterocycles. The van der Waals surface area contributed by atoms with Gasteiger partial charge < -0.3 is 25.0 Å². The van der Waals surface area contributed by atoms with Gasteiger partial charge in [0.25, 0.3) is 6.43 Å². The molecule has 0 unspecified atom stereocenters. The third-order valence-corrected chi connectivity index (χ3v) is 4.37. The van der Waals surface area contributed by atoms with Crippen LogP contribution < -0.4 is 0 Å².